The van der Waals surface area contributed by atoms with Gasteiger partial charge in [0.2, 0.25) is 5.91 Å². The molecule has 10 heteroatoms. The van der Waals surface area contributed by atoms with Crippen LogP contribution < -0.4 is 25.8 Å². The van der Waals surface area contributed by atoms with Crippen LogP contribution in [0.25, 0.3) is 0 Å². The van der Waals surface area contributed by atoms with Gasteiger partial charge in [-0.3, -0.25) is 4.79 Å². The Bertz CT molecular complexity index is 993. The van der Waals surface area contributed by atoms with Crippen molar-refractivity contribution < 1.29 is 14.3 Å². The van der Waals surface area contributed by atoms with E-state index in [9.17, 15) is 4.79 Å². The van der Waals surface area contributed by atoms with Crippen molar-refractivity contribution in [2.45, 2.75) is 11.7 Å². The maximum Gasteiger partial charge on any atom is 0.237 e. The number of thiophene rings is 1. The Kier molecular flexibility index (Phi) is 5.72. The monoisotopic (exact) mass is 429 g/mol. The first kappa shape index (κ1) is 19.3. The molecule has 1 aromatic carbocycles. The van der Waals surface area contributed by atoms with Crippen molar-refractivity contribution in [2.24, 2.45) is 0 Å². The number of thioether (sulfide) groups is 1. The first-order chi connectivity index (χ1) is 14.1. The number of benzene rings is 1. The molecule has 1 aliphatic rings. The number of amides is 1. The second-order valence-corrected chi connectivity index (χ2v) is 8.15. The average molecular weight is 430 g/mol. The van der Waals surface area contributed by atoms with Gasteiger partial charge in [0.15, 0.2) is 16.7 Å². The zero-order valence-corrected chi connectivity index (χ0v) is 17.0. The first-order valence-electron chi connectivity index (χ1n) is 8.84. The maximum atomic E-state index is 13.1. The van der Waals surface area contributed by atoms with Crippen LogP contribution in [0.4, 0.5) is 17.3 Å². The molecule has 0 radical (unpaired) electrons. The number of nitrogen functional groups attached to an aromatic ring is 2. The van der Waals surface area contributed by atoms with Crippen molar-refractivity contribution >= 4 is 46.3 Å². The molecule has 1 aliphatic heterocycles. The summed E-state index contributed by atoms with van der Waals surface area (Å²) >= 11 is 2.79. The van der Waals surface area contributed by atoms with Gasteiger partial charge in [-0.15, -0.1) is 11.3 Å². The highest BCUT2D eigenvalue weighted by Crippen LogP contribution is 2.35. The quantitative estimate of drug-likeness (QED) is 0.454. The summed E-state index contributed by atoms with van der Waals surface area (Å²) in [6.07, 6.45) is 0. The number of hydrogen-bond acceptors (Lipinski definition) is 9. The lowest BCUT2D eigenvalue weighted by Crippen LogP contribution is -2.32. The summed E-state index contributed by atoms with van der Waals surface area (Å²) in [7, 11) is 0. The number of carbonyl (C=O) groups is 1. The molecule has 4 N–H and O–H groups in total. The van der Waals surface area contributed by atoms with Crippen molar-refractivity contribution in [2.75, 3.05) is 35.3 Å². The molecule has 0 bridgehead atoms. The molecule has 1 amide bonds. The van der Waals surface area contributed by atoms with E-state index in [1.54, 1.807) is 16.2 Å². The van der Waals surface area contributed by atoms with Crippen molar-refractivity contribution in [1.82, 2.24) is 9.97 Å². The number of carbonyl (C=O) groups excluding carboxylic acids is 1. The second kappa shape index (κ2) is 8.58. The Morgan fingerprint density at radius 3 is 2.59 bits per heavy atom. The molecule has 0 saturated carbocycles. The van der Waals surface area contributed by atoms with Gasteiger partial charge in [-0.25, -0.2) is 9.97 Å². The lowest BCUT2D eigenvalue weighted by atomic mass is 10.2. The fourth-order valence-corrected chi connectivity index (χ4v) is 4.25. The molecule has 2 aromatic heterocycles. The van der Waals surface area contributed by atoms with Crippen LogP contribution in [0, 0.1) is 0 Å². The van der Waals surface area contributed by atoms with E-state index in [2.05, 4.69) is 9.97 Å². The van der Waals surface area contributed by atoms with Gasteiger partial charge in [-0.05, 0) is 23.6 Å². The number of aromatic nitrogens is 2. The first-order valence-corrected chi connectivity index (χ1v) is 10.7. The van der Waals surface area contributed by atoms with Crippen molar-refractivity contribution in [3.63, 3.8) is 0 Å². The largest absolute Gasteiger partial charge is 0.486 e. The summed E-state index contributed by atoms with van der Waals surface area (Å²) in [5, 5.41) is 2.36. The van der Waals surface area contributed by atoms with Gasteiger partial charge in [0.05, 0.1) is 12.3 Å². The molecule has 0 unspecified atom stereocenters. The van der Waals surface area contributed by atoms with Gasteiger partial charge in [0.1, 0.15) is 24.8 Å². The number of fused-ring (bicyclic) bond motifs is 1. The van der Waals surface area contributed by atoms with Gasteiger partial charge in [0, 0.05) is 22.7 Å². The average Bonchev–Trinajstić information content (AvgIpc) is 3.22. The number of nitrogens with zero attached hydrogens (tertiary/aromatic N) is 3. The van der Waals surface area contributed by atoms with E-state index in [0.717, 1.165) is 10.6 Å². The Morgan fingerprint density at radius 1 is 1.10 bits per heavy atom. The van der Waals surface area contributed by atoms with Crippen LogP contribution in [0.15, 0.2) is 46.9 Å². The Labute approximate surface area is 175 Å². The Morgan fingerprint density at radius 2 is 1.86 bits per heavy atom. The minimum atomic E-state index is -0.0929. The van der Waals surface area contributed by atoms with E-state index in [0.29, 0.717) is 36.4 Å². The number of ether oxygens (including phenoxy) is 2. The zero-order valence-electron chi connectivity index (χ0n) is 15.4. The molecule has 29 heavy (non-hydrogen) atoms. The number of rotatable bonds is 6. The highest BCUT2D eigenvalue weighted by Gasteiger charge is 2.21. The topological polar surface area (TPSA) is 117 Å². The van der Waals surface area contributed by atoms with E-state index in [-0.39, 0.29) is 23.3 Å². The van der Waals surface area contributed by atoms with Gasteiger partial charge < -0.3 is 25.8 Å². The van der Waals surface area contributed by atoms with E-state index in [1.807, 2.05) is 35.7 Å². The molecule has 3 aromatic rings. The SMILES string of the molecule is Nc1cc(N)nc(SCC(=O)N(Cc2cccs2)c2ccc3c(c2)OCCO3)n1. The molecule has 3 heterocycles. The molecule has 0 spiro atoms. The zero-order chi connectivity index (χ0) is 20.2. The van der Waals surface area contributed by atoms with Crippen LogP contribution in [0.1, 0.15) is 4.88 Å². The predicted molar refractivity (Wildman–Crippen MR) is 115 cm³/mol. The number of anilines is 3. The minimum Gasteiger partial charge on any atom is -0.486 e. The molecule has 150 valence electrons. The van der Waals surface area contributed by atoms with Crippen LogP contribution in [-0.4, -0.2) is 34.8 Å². The molecular weight excluding hydrogens is 410 g/mol. The molecule has 0 saturated heterocycles. The van der Waals surface area contributed by atoms with Crippen LogP contribution in [0.5, 0.6) is 11.5 Å². The van der Waals surface area contributed by atoms with E-state index < -0.39 is 0 Å². The predicted octanol–water partition coefficient (Wildman–Crippen LogP) is 2.80. The highest BCUT2D eigenvalue weighted by atomic mass is 32.2. The van der Waals surface area contributed by atoms with Crippen molar-refractivity contribution in [3.05, 3.63) is 46.7 Å². The normalized spacial score (nSPS) is 12.6. The number of nitrogens with two attached hydrogens (primary N) is 2. The van der Waals surface area contributed by atoms with Crippen molar-refractivity contribution in [3.8, 4) is 11.5 Å². The van der Waals surface area contributed by atoms with E-state index >= 15 is 0 Å². The fraction of sp³-hybridized carbons (Fsp3) is 0.211. The van der Waals surface area contributed by atoms with E-state index in [1.165, 1.54) is 17.8 Å². The second-order valence-electron chi connectivity index (χ2n) is 6.18. The molecule has 8 nitrogen and oxygen atoms in total. The smallest absolute Gasteiger partial charge is 0.237 e. The standard InChI is InChI=1S/C19H19N5O3S2/c20-16-9-17(21)23-19(22-16)29-11-18(25)24(10-13-2-1-7-28-13)12-3-4-14-15(8-12)27-6-5-26-14/h1-4,7-9H,5-6,10-11H2,(H4,20,21,22,23). The maximum absolute atomic E-state index is 13.1. The summed E-state index contributed by atoms with van der Waals surface area (Å²) < 4.78 is 11.3. The van der Waals surface area contributed by atoms with Crippen molar-refractivity contribution in [1.29, 1.82) is 0 Å². The molecule has 0 atom stereocenters. The van der Waals surface area contributed by atoms with Gasteiger partial charge in [-0.1, -0.05) is 17.8 Å². The van der Waals surface area contributed by atoms with Gasteiger partial charge in [0.25, 0.3) is 0 Å². The summed E-state index contributed by atoms with van der Waals surface area (Å²) in [6, 6.07) is 11.0. The third kappa shape index (κ3) is 4.72. The summed E-state index contributed by atoms with van der Waals surface area (Å²) in [4.78, 5) is 24.1. The summed E-state index contributed by atoms with van der Waals surface area (Å²) in [5.74, 6) is 1.91. The summed E-state index contributed by atoms with van der Waals surface area (Å²) in [6.45, 7) is 1.46. The third-order valence-electron chi connectivity index (χ3n) is 4.10. The van der Waals surface area contributed by atoms with Crippen LogP contribution in [0.2, 0.25) is 0 Å². The van der Waals surface area contributed by atoms with Crippen LogP contribution >= 0.6 is 23.1 Å². The lowest BCUT2D eigenvalue weighted by molar-refractivity contribution is -0.116. The van der Waals surface area contributed by atoms with E-state index in [4.69, 9.17) is 20.9 Å². The van der Waals surface area contributed by atoms with Crippen LogP contribution in [-0.2, 0) is 11.3 Å². The Hall–Kier alpha value is -2.98. The highest BCUT2D eigenvalue weighted by molar-refractivity contribution is 7.99. The summed E-state index contributed by atoms with van der Waals surface area (Å²) in [5.41, 5.74) is 12.2. The van der Waals surface area contributed by atoms with Crippen LogP contribution in [0.3, 0.4) is 0 Å². The molecule has 0 fully saturated rings. The van der Waals surface area contributed by atoms with Gasteiger partial charge in [-0.2, -0.15) is 0 Å². The fourth-order valence-electron chi connectivity index (χ4n) is 2.81. The lowest BCUT2D eigenvalue weighted by Gasteiger charge is -2.25. The molecule has 4 rings (SSSR count). The minimum absolute atomic E-state index is 0.0929. The molecular formula is C19H19N5O3S2. The number of hydrogen-bond donors (Lipinski definition) is 2. The molecule has 0 aliphatic carbocycles. The third-order valence-corrected chi connectivity index (χ3v) is 5.80. The Balaban J connectivity index is 1.55. The van der Waals surface area contributed by atoms with Gasteiger partial charge >= 0.3 is 0 Å².